The summed E-state index contributed by atoms with van der Waals surface area (Å²) in [6.07, 6.45) is 2.82. The van der Waals surface area contributed by atoms with Crippen molar-refractivity contribution in [3.63, 3.8) is 0 Å². The Morgan fingerprint density at radius 2 is 2.05 bits per heavy atom. The number of nitrogens with one attached hydrogen (secondary N) is 1. The van der Waals surface area contributed by atoms with Gasteiger partial charge in [0.15, 0.2) is 5.82 Å². The van der Waals surface area contributed by atoms with Crippen LogP contribution in [0.1, 0.15) is 10.4 Å². The summed E-state index contributed by atoms with van der Waals surface area (Å²) < 4.78 is 0. The lowest BCUT2D eigenvalue weighted by Crippen LogP contribution is -2.18. The minimum Gasteiger partial charge on any atom is -0.361 e. The van der Waals surface area contributed by atoms with Crippen molar-refractivity contribution >= 4 is 34.7 Å². The SMILES string of the molecule is CN(C)c1ncccc1NC(=O)c1ccnc(Cl)c1[N+](=O)[O-]. The molecular formula is C13H12ClN5O3. The topological polar surface area (TPSA) is 101 Å². The van der Waals surface area contributed by atoms with Crippen LogP contribution in [0.3, 0.4) is 0 Å². The lowest BCUT2D eigenvalue weighted by Gasteiger charge is -2.16. The molecule has 114 valence electrons. The molecule has 0 atom stereocenters. The van der Waals surface area contributed by atoms with Crippen molar-refractivity contribution in [3.05, 3.63) is 51.4 Å². The van der Waals surface area contributed by atoms with Gasteiger partial charge in [-0.2, -0.15) is 0 Å². The molecule has 22 heavy (non-hydrogen) atoms. The van der Waals surface area contributed by atoms with Crippen LogP contribution in [0.4, 0.5) is 17.2 Å². The summed E-state index contributed by atoms with van der Waals surface area (Å²) in [6.45, 7) is 0. The predicted octanol–water partition coefficient (Wildman–Crippen LogP) is 2.36. The molecule has 0 saturated heterocycles. The van der Waals surface area contributed by atoms with Gasteiger partial charge in [-0.25, -0.2) is 9.97 Å². The lowest BCUT2D eigenvalue weighted by atomic mass is 10.2. The van der Waals surface area contributed by atoms with Crippen LogP contribution in [0.5, 0.6) is 0 Å². The highest BCUT2D eigenvalue weighted by atomic mass is 35.5. The Labute approximate surface area is 130 Å². The second kappa shape index (κ2) is 6.35. The molecule has 2 aromatic heterocycles. The number of nitro groups is 1. The van der Waals surface area contributed by atoms with Gasteiger partial charge in [0.05, 0.1) is 10.6 Å². The maximum atomic E-state index is 12.3. The van der Waals surface area contributed by atoms with E-state index in [2.05, 4.69) is 15.3 Å². The average molecular weight is 322 g/mol. The third-order valence-corrected chi connectivity index (χ3v) is 3.04. The number of nitrogens with zero attached hydrogens (tertiary/aromatic N) is 4. The standard InChI is InChI=1S/C13H12ClN5O3/c1-18(2)12-9(4-3-6-16-12)17-13(20)8-5-7-15-11(14)10(8)19(21)22/h3-7H,1-2H3,(H,17,20). The van der Waals surface area contributed by atoms with Crippen LogP contribution in [0.15, 0.2) is 30.6 Å². The molecule has 2 aromatic rings. The number of carbonyl (C=O) groups is 1. The Kier molecular flexibility index (Phi) is 4.52. The molecule has 0 bridgehead atoms. The highest BCUT2D eigenvalue weighted by Crippen LogP contribution is 2.28. The van der Waals surface area contributed by atoms with Crippen molar-refractivity contribution in [2.75, 3.05) is 24.3 Å². The molecule has 2 rings (SSSR count). The Morgan fingerprint density at radius 3 is 2.68 bits per heavy atom. The van der Waals surface area contributed by atoms with Crippen LogP contribution >= 0.6 is 11.6 Å². The highest BCUT2D eigenvalue weighted by Gasteiger charge is 2.25. The third-order valence-electron chi connectivity index (χ3n) is 2.77. The first-order valence-corrected chi connectivity index (χ1v) is 6.52. The molecule has 0 saturated carbocycles. The van der Waals surface area contributed by atoms with Gasteiger partial charge in [-0.1, -0.05) is 11.6 Å². The Morgan fingerprint density at radius 1 is 1.32 bits per heavy atom. The van der Waals surface area contributed by atoms with E-state index in [-0.39, 0.29) is 10.7 Å². The zero-order chi connectivity index (χ0) is 16.3. The number of amides is 1. The van der Waals surface area contributed by atoms with Gasteiger partial charge >= 0.3 is 5.69 Å². The molecule has 9 heteroatoms. The predicted molar refractivity (Wildman–Crippen MR) is 82.4 cm³/mol. The van der Waals surface area contributed by atoms with Crippen molar-refractivity contribution < 1.29 is 9.72 Å². The molecule has 1 amide bonds. The minimum atomic E-state index is -0.736. The van der Waals surface area contributed by atoms with Gasteiger partial charge in [0.1, 0.15) is 5.56 Å². The fraction of sp³-hybridized carbons (Fsp3) is 0.154. The monoisotopic (exact) mass is 321 g/mol. The van der Waals surface area contributed by atoms with Gasteiger partial charge in [0, 0.05) is 26.5 Å². The van der Waals surface area contributed by atoms with E-state index in [0.29, 0.717) is 11.5 Å². The number of hydrogen-bond donors (Lipinski definition) is 1. The highest BCUT2D eigenvalue weighted by molar-refractivity contribution is 6.32. The lowest BCUT2D eigenvalue weighted by molar-refractivity contribution is -0.385. The van der Waals surface area contributed by atoms with Gasteiger partial charge in [0.2, 0.25) is 5.15 Å². The summed E-state index contributed by atoms with van der Waals surface area (Å²) in [6, 6.07) is 4.54. The maximum Gasteiger partial charge on any atom is 0.319 e. The number of carbonyl (C=O) groups excluding carboxylic acids is 1. The van der Waals surface area contributed by atoms with Crippen LogP contribution in [-0.4, -0.2) is 34.9 Å². The molecule has 1 N–H and O–H groups in total. The number of anilines is 2. The van der Waals surface area contributed by atoms with E-state index in [0.717, 1.165) is 0 Å². The zero-order valence-electron chi connectivity index (χ0n) is 11.8. The first-order chi connectivity index (χ1) is 10.4. The van der Waals surface area contributed by atoms with E-state index in [1.807, 2.05) is 0 Å². The summed E-state index contributed by atoms with van der Waals surface area (Å²) in [7, 11) is 3.54. The van der Waals surface area contributed by atoms with E-state index in [1.165, 1.54) is 12.3 Å². The number of pyridine rings is 2. The Bertz CT molecular complexity index is 735. The molecule has 8 nitrogen and oxygen atoms in total. The van der Waals surface area contributed by atoms with E-state index in [4.69, 9.17) is 11.6 Å². The quantitative estimate of drug-likeness (QED) is 0.527. The summed E-state index contributed by atoms with van der Waals surface area (Å²) in [5, 5.41) is 13.3. The molecule has 2 heterocycles. The normalized spacial score (nSPS) is 10.1. The molecule has 0 radical (unpaired) electrons. The van der Waals surface area contributed by atoms with Crippen LogP contribution in [-0.2, 0) is 0 Å². The second-order valence-corrected chi connectivity index (χ2v) is 4.84. The van der Waals surface area contributed by atoms with Gasteiger partial charge in [-0.05, 0) is 18.2 Å². The van der Waals surface area contributed by atoms with E-state index < -0.39 is 16.5 Å². The number of halogens is 1. The summed E-state index contributed by atoms with van der Waals surface area (Å²) in [4.78, 5) is 32.1. The Hall–Kier alpha value is -2.74. The molecule has 0 aromatic carbocycles. The van der Waals surface area contributed by atoms with Crippen molar-refractivity contribution in [3.8, 4) is 0 Å². The first kappa shape index (κ1) is 15.6. The average Bonchev–Trinajstić information content (AvgIpc) is 2.46. The summed E-state index contributed by atoms with van der Waals surface area (Å²) in [5.41, 5.74) is -0.268. The smallest absolute Gasteiger partial charge is 0.319 e. The van der Waals surface area contributed by atoms with Crippen LogP contribution in [0, 0.1) is 10.1 Å². The maximum absolute atomic E-state index is 12.3. The molecule has 0 aliphatic heterocycles. The molecule has 0 fully saturated rings. The fourth-order valence-corrected chi connectivity index (χ4v) is 2.05. The molecular weight excluding hydrogens is 310 g/mol. The van der Waals surface area contributed by atoms with Gasteiger partial charge in [-0.15, -0.1) is 0 Å². The third kappa shape index (κ3) is 3.12. The van der Waals surface area contributed by atoms with Crippen molar-refractivity contribution in [2.45, 2.75) is 0 Å². The van der Waals surface area contributed by atoms with E-state index in [9.17, 15) is 14.9 Å². The van der Waals surface area contributed by atoms with Gasteiger partial charge in [-0.3, -0.25) is 14.9 Å². The molecule has 0 aliphatic carbocycles. The largest absolute Gasteiger partial charge is 0.361 e. The van der Waals surface area contributed by atoms with Crippen LogP contribution < -0.4 is 10.2 Å². The summed E-state index contributed by atoms with van der Waals surface area (Å²) >= 11 is 5.70. The first-order valence-electron chi connectivity index (χ1n) is 6.14. The Balaban J connectivity index is 2.39. The van der Waals surface area contributed by atoms with Crippen LogP contribution in [0.2, 0.25) is 5.15 Å². The van der Waals surface area contributed by atoms with E-state index in [1.54, 1.807) is 37.3 Å². The van der Waals surface area contributed by atoms with Crippen molar-refractivity contribution in [1.29, 1.82) is 0 Å². The number of aromatic nitrogens is 2. The van der Waals surface area contributed by atoms with Crippen molar-refractivity contribution in [2.24, 2.45) is 0 Å². The molecule has 0 unspecified atom stereocenters. The number of hydrogen-bond acceptors (Lipinski definition) is 6. The molecule has 0 spiro atoms. The van der Waals surface area contributed by atoms with Gasteiger partial charge in [0.25, 0.3) is 5.91 Å². The zero-order valence-corrected chi connectivity index (χ0v) is 12.5. The number of rotatable bonds is 4. The second-order valence-electron chi connectivity index (χ2n) is 4.48. The van der Waals surface area contributed by atoms with E-state index >= 15 is 0 Å². The summed E-state index contributed by atoms with van der Waals surface area (Å²) in [5.74, 6) is -0.134. The van der Waals surface area contributed by atoms with Gasteiger partial charge < -0.3 is 10.2 Å². The van der Waals surface area contributed by atoms with Crippen molar-refractivity contribution in [1.82, 2.24) is 9.97 Å². The van der Waals surface area contributed by atoms with Crippen LogP contribution in [0.25, 0.3) is 0 Å². The minimum absolute atomic E-state index is 0.168. The fourth-order valence-electron chi connectivity index (χ4n) is 1.83. The molecule has 0 aliphatic rings.